The predicted molar refractivity (Wildman–Crippen MR) is 150 cm³/mol. The van der Waals surface area contributed by atoms with Crippen LogP contribution >= 0.6 is 39.0 Å². The molecule has 1 N–H and O–H groups in total. The lowest BCUT2D eigenvalue weighted by atomic mass is 10.2. The maximum absolute atomic E-state index is 12.2. The van der Waals surface area contributed by atoms with Gasteiger partial charge in [-0.3, -0.25) is 4.79 Å². The van der Waals surface area contributed by atoms with Crippen molar-refractivity contribution in [3.8, 4) is 22.8 Å². The number of nitrogens with one attached hydrogen (secondary N) is 1. The fraction of sp³-hybridized carbons (Fsp3) is 0.148. The van der Waals surface area contributed by atoms with Gasteiger partial charge in [0, 0.05) is 10.9 Å². The summed E-state index contributed by atoms with van der Waals surface area (Å²) in [6.07, 6.45) is 1.57. The normalized spacial score (nSPS) is 11.0. The molecule has 0 bridgehead atoms. The molecule has 4 aromatic rings. The third-order valence-electron chi connectivity index (χ3n) is 5.04. The number of hydrogen-bond donors (Lipinski definition) is 1. The van der Waals surface area contributed by atoms with E-state index in [0.717, 1.165) is 31.2 Å². The maximum atomic E-state index is 12.2. The van der Waals surface area contributed by atoms with Gasteiger partial charge in [-0.25, -0.2) is 10.4 Å². The number of carbonyl (C=O) groups excluding carboxylic acids is 1. The molecule has 0 spiro atoms. The van der Waals surface area contributed by atoms with E-state index in [9.17, 15) is 4.79 Å². The van der Waals surface area contributed by atoms with Gasteiger partial charge < -0.3 is 9.47 Å². The van der Waals surface area contributed by atoms with Crippen molar-refractivity contribution in [2.45, 2.75) is 17.9 Å². The Hall–Kier alpha value is -3.14. The molecule has 1 amide bonds. The molecule has 0 aliphatic heterocycles. The molecule has 3 aromatic carbocycles. The fourth-order valence-corrected chi connectivity index (χ4v) is 5.40. The van der Waals surface area contributed by atoms with Gasteiger partial charge in [-0.15, -0.1) is 11.3 Å². The van der Waals surface area contributed by atoms with Gasteiger partial charge in [0.2, 0.25) is 0 Å². The van der Waals surface area contributed by atoms with Crippen molar-refractivity contribution in [3.05, 3.63) is 93.3 Å². The first kappa shape index (κ1) is 25.9. The molecule has 0 saturated carbocycles. The Morgan fingerprint density at radius 2 is 1.94 bits per heavy atom. The Balaban J connectivity index is 1.30. The topological polar surface area (TPSA) is 72.8 Å². The molecule has 1 heterocycles. The zero-order valence-electron chi connectivity index (χ0n) is 19.7. The lowest BCUT2D eigenvalue weighted by Crippen LogP contribution is -2.19. The molecule has 0 saturated heterocycles. The quantitative estimate of drug-likeness (QED) is 0.128. The van der Waals surface area contributed by atoms with Gasteiger partial charge in [0.25, 0.3) is 5.91 Å². The highest BCUT2D eigenvalue weighted by atomic mass is 79.9. The van der Waals surface area contributed by atoms with E-state index in [2.05, 4.69) is 43.6 Å². The Morgan fingerprint density at radius 1 is 1.17 bits per heavy atom. The van der Waals surface area contributed by atoms with Crippen LogP contribution in [-0.2, 0) is 11.4 Å². The highest BCUT2D eigenvalue weighted by molar-refractivity contribution is 9.10. The molecule has 0 aliphatic rings. The van der Waals surface area contributed by atoms with Crippen molar-refractivity contribution in [3.63, 3.8) is 0 Å². The zero-order valence-corrected chi connectivity index (χ0v) is 23.0. The number of benzene rings is 3. The van der Waals surface area contributed by atoms with Crippen molar-refractivity contribution in [1.82, 2.24) is 10.4 Å². The van der Waals surface area contributed by atoms with Crippen LogP contribution in [0, 0.1) is 6.92 Å². The van der Waals surface area contributed by atoms with E-state index in [4.69, 9.17) is 9.47 Å². The molecule has 0 fully saturated rings. The van der Waals surface area contributed by atoms with Crippen molar-refractivity contribution < 1.29 is 14.3 Å². The number of ether oxygens (including phenoxy) is 2. The number of aromatic nitrogens is 1. The first-order chi connectivity index (χ1) is 17.5. The number of carbonyl (C=O) groups is 1. The van der Waals surface area contributed by atoms with E-state index in [1.54, 1.807) is 19.4 Å². The summed E-state index contributed by atoms with van der Waals surface area (Å²) in [5, 5.41) is 6.08. The summed E-state index contributed by atoms with van der Waals surface area (Å²) in [4.78, 5) is 16.8. The average molecular weight is 583 g/mol. The van der Waals surface area contributed by atoms with E-state index in [-0.39, 0.29) is 11.7 Å². The van der Waals surface area contributed by atoms with Crippen LogP contribution in [0.2, 0.25) is 0 Å². The van der Waals surface area contributed by atoms with Crippen LogP contribution in [-0.4, -0.2) is 30.0 Å². The number of amides is 1. The number of aryl methyl sites for hydroxylation is 1. The fourth-order valence-electron chi connectivity index (χ4n) is 3.20. The first-order valence-corrected chi connectivity index (χ1v) is 13.7. The third-order valence-corrected chi connectivity index (χ3v) is 7.65. The number of thioether (sulfide) groups is 1. The van der Waals surface area contributed by atoms with Gasteiger partial charge in [-0.05, 0) is 46.1 Å². The van der Waals surface area contributed by atoms with Crippen LogP contribution in [0.4, 0.5) is 0 Å². The third kappa shape index (κ3) is 7.19. The van der Waals surface area contributed by atoms with Crippen LogP contribution < -0.4 is 14.9 Å². The van der Waals surface area contributed by atoms with E-state index < -0.39 is 0 Å². The maximum Gasteiger partial charge on any atom is 0.250 e. The summed E-state index contributed by atoms with van der Waals surface area (Å²) in [5.41, 5.74) is 7.55. The summed E-state index contributed by atoms with van der Waals surface area (Å²) < 4.78 is 13.1. The van der Waals surface area contributed by atoms with Gasteiger partial charge >= 0.3 is 0 Å². The molecule has 4 rings (SSSR count). The van der Waals surface area contributed by atoms with E-state index >= 15 is 0 Å². The smallest absolute Gasteiger partial charge is 0.250 e. The number of hydrogen-bond acceptors (Lipinski definition) is 7. The molecule has 0 atom stereocenters. The minimum Gasteiger partial charge on any atom is -0.493 e. The lowest BCUT2D eigenvalue weighted by Gasteiger charge is -2.13. The Morgan fingerprint density at radius 3 is 2.69 bits per heavy atom. The van der Waals surface area contributed by atoms with Crippen molar-refractivity contribution in [2.75, 3.05) is 12.9 Å². The second-order valence-corrected chi connectivity index (χ2v) is 10.7. The second kappa shape index (κ2) is 12.7. The largest absolute Gasteiger partial charge is 0.493 e. The minimum atomic E-state index is -0.211. The Kier molecular flexibility index (Phi) is 9.16. The monoisotopic (exact) mass is 581 g/mol. The van der Waals surface area contributed by atoms with E-state index in [0.29, 0.717) is 18.1 Å². The molecule has 0 aliphatic carbocycles. The van der Waals surface area contributed by atoms with Crippen molar-refractivity contribution in [1.29, 1.82) is 0 Å². The predicted octanol–water partition coefficient (Wildman–Crippen LogP) is 6.71. The Labute approximate surface area is 226 Å². The number of thiazole rings is 1. The molecule has 1 aromatic heterocycles. The molecule has 0 unspecified atom stereocenters. The lowest BCUT2D eigenvalue weighted by molar-refractivity contribution is -0.118. The zero-order chi connectivity index (χ0) is 25.3. The van der Waals surface area contributed by atoms with Crippen LogP contribution in [0.5, 0.6) is 11.5 Å². The van der Waals surface area contributed by atoms with E-state index in [1.165, 1.54) is 28.7 Å². The van der Waals surface area contributed by atoms with Gasteiger partial charge in [0.1, 0.15) is 6.61 Å². The molecular formula is C27H24BrN3O3S2. The van der Waals surface area contributed by atoms with Crippen LogP contribution in [0.15, 0.2) is 86.0 Å². The Bertz CT molecular complexity index is 1340. The number of methoxy groups -OCH3 is 1. The van der Waals surface area contributed by atoms with E-state index in [1.807, 2.05) is 60.8 Å². The number of nitrogens with zero attached hydrogens (tertiary/aromatic N) is 2. The van der Waals surface area contributed by atoms with Crippen LogP contribution in [0.1, 0.15) is 16.7 Å². The number of halogens is 1. The molecule has 36 heavy (non-hydrogen) atoms. The van der Waals surface area contributed by atoms with Gasteiger partial charge in [0.05, 0.1) is 29.2 Å². The SMILES string of the molecule is COc1cc(/C=N/NC(=O)CSc2nc(-c3ccccc3)cs2)cc(Br)c1OCc1ccc(C)cc1. The summed E-state index contributed by atoms with van der Waals surface area (Å²) in [6.45, 7) is 2.47. The molecule has 0 radical (unpaired) electrons. The van der Waals surface area contributed by atoms with Crippen LogP contribution in [0.25, 0.3) is 11.3 Å². The first-order valence-electron chi connectivity index (χ1n) is 11.0. The summed E-state index contributed by atoms with van der Waals surface area (Å²) in [5.74, 6) is 1.18. The highest BCUT2D eigenvalue weighted by Gasteiger charge is 2.12. The molecular weight excluding hydrogens is 558 g/mol. The summed E-state index contributed by atoms with van der Waals surface area (Å²) >= 11 is 6.45. The highest BCUT2D eigenvalue weighted by Crippen LogP contribution is 2.37. The molecule has 6 nitrogen and oxygen atoms in total. The summed E-state index contributed by atoms with van der Waals surface area (Å²) in [6, 6.07) is 21.8. The standard InChI is InChI=1S/C27H24BrN3O3S2/c1-18-8-10-19(11-9-18)15-34-26-22(28)12-20(13-24(26)33-2)14-29-31-25(32)17-36-27-30-23(16-35-27)21-6-4-3-5-7-21/h3-14,16H,15,17H2,1-2H3,(H,31,32)/b29-14+. The van der Waals surface area contributed by atoms with Crippen LogP contribution in [0.3, 0.4) is 0 Å². The molecule has 9 heteroatoms. The number of hydrazone groups is 1. The average Bonchev–Trinajstić information content (AvgIpc) is 3.37. The minimum absolute atomic E-state index is 0.211. The van der Waals surface area contributed by atoms with Gasteiger partial charge in [0.15, 0.2) is 15.8 Å². The molecule has 184 valence electrons. The van der Waals surface area contributed by atoms with Gasteiger partial charge in [-0.2, -0.15) is 5.10 Å². The van der Waals surface area contributed by atoms with Crippen molar-refractivity contribution >= 4 is 51.2 Å². The van der Waals surface area contributed by atoms with Crippen molar-refractivity contribution in [2.24, 2.45) is 5.10 Å². The second-order valence-electron chi connectivity index (χ2n) is 7.75. The van der Waals surface area contributed by atoms with Gasteiger partial charge in [-0.1, -0.05) is 71.9 Å². The summed E-state index contributed by atoms with van der Waals surface area (Å²) in [7, 11) is 1.59. The number of rotatable bonds is 10.